The second-order valence-corrected chi connectivity index (χ2v) is 5.73. The first-order valence-electron chi connectivity index (χ1n) is 4.99. The number of nitriles is 2. The number of nitrogens with zero attached hydrogens (tertiary/aromatic N) is 2. The molecule has 1 N–H and O–H groups in total. The largest absolute Gasteiger partial charge is 0.242 e. The molecule has 1 aromatic carbocycles. The zero-order valence-corrected chi connectivity index (χ0v) is 11.1. The summed E-state index contributed by atoms with van der Waals surface area (Å²) < 4.78 is 26.2. The molecule has 0 saturated carbocycles. The number of halogens is 1. The molecule has 0 aromatic heterocycles. The Kier molecular flexibility index (Phi) is 4.69. The van der Waals surface area contributed by atoms with Crippen molar-refractivity contribution < 1.29 is 8.42 Å². The van der Waals surface area contributed by atoms with Gasteiger partial charge in [0.05, 0.1) is 29.1 Å². The predicted octanol–water partition coefficient (Wildman–Crippen LogP) is 1.79. The Bertz CT molecular complexity index is 629. The van der Waals surface area contributed by atoms with Gasteiger partial charge in [-0.1, -0.05) is 11.6 Å². The molecule has 0 aliphatic carbocycles. The van der Waals surface area contributed by atoms with Gasteiger partial charge in [0.25, 0.3) is 0 Å². The summed E-state index contributed by atoms with van der Waals surface area (Å²) in [6.45, 7) is 1.58. The third kappa shape index (κ3) is 3.44. The molecule has 5 nitrogen and oxygen atoms in total. The summed E-state index contributed by atoms with van der Waals surface area (Å²) in [6, 6.07) is 7.15. The van der Waals surface area contributed by atoms with Gasteiger partial charge in [-0.15, -0.1) is 0 Å². The van der Waals surface area contributed by atoms with Crippen molar-refractivity contribution in [1.82, 2.24) is 4.72 Å². The van der Waals surface area contributed by atoms with Crippen LogP contribution in [0.4, 0.5) is 0 Å². The van der Waals surface area contributed by atoms with Crippen molar-refractivity contribution in [3.8, 4) is 12.1 Å². The van der Waals surface area contributed by atoms with Crippen LogP contribution in [0, 0.1) is 22.7 Å². The van der Waals surface area contributed by atoms with Crippen LogP contribution in [0.3, 0.4) is 0 Å². The fourth-order valence-corrected chi connectivity index (χ4v) is 3.08. The molecule has 1 aromatic rings. The van der Waals surface area contributed by atoms with Gasteiger partial charge in [-0.2, -0.15) is 10.5 Å². The Balaban J connectivity index is 3.07. The number of rotatable bonds is 4. The number of nitrogens with one attached hydrogen (secondary N) is 1. The van der Waals surface area contributed by atoms with E-state index in [1.807, 2.05) is 12.1 Å². The average molecular weight is 284 g/mol. The maximum absolute atomic E-state index is 11.9. The molecule has 1 atom stereocenters. The Morgan fingerprint density at radius 3 is 2.61 bits per heavy atom. The molecule has 0 aliphatic rings. The monoisotopic (exact) mass is 283 g/mol. The van der Waals surface area contributed by atoms with E-state index < -0.39 is 16.1 Å². The van der Waals surface area contributed by atoms with E-state index >= 15 is 0 Å². The molecule has 0 fully saturated rings. The zero-order chi connectivity index (χ0) is 13.8. The molecule has 0 bridgehead atoms. The molecular weight excluding hydrogens is 274 g/mol. The van der Waals surface area contributed by atoms with Crippen LogP contribution in [0.2, 0.25) is 5.02 Å². The van der Waals surface area contributed by atoms with E-state index in [-0.39, 0.29) is 21.9 Å². The Morgan fingerprint density at radius 2 is 2.11 bits per heavy atom. The minimum Gasteiger partial charge on any atom is -0.207 e. The number of hydrogen-bond acceptors (Lipinski definition) is 4. The quantitative estimate of drug-likeness (QED) is 0.911. The maximum Gasteiger partial charge on any atom is 0.242 e. The third-order valence-corrected chi connectivity index (χ3v) is 4.18. The minimum absolute atomic E-state index is 0.0225. The van der Waals surface area contributed by atoms with Crippen molar-refractivity contribution in [3.63, 3.8) is 0 Å². The molecule has 94 valence electrons. The normalized spacial score (nSPS) is 12.4. The molecule has 0 spiro atoms. The summed E-state index contributed by atoms with van der Waals surface area (Å²) in [5.41, 5.74) is 0.282. The summed E-state index contributed by atoms with van der Waals surface area (Å²) in [6.07, 6.45) is 0.0626. The first-order chi connectivity index (χ1) is 8.40. The van der Waals surface area contributed by atoms with Gasteiger partial charge < -0.3 is 0 Å². The first-order valence-corrected chi connectivity index (χ1v) is 6.85. The molecular formula is C11H10ClN3O2S. The van der Waals surface area contributed by atoms with Gasteiger partial charge in [0, 0.05) is 6.04 Å². The van der Waals surface area contributed by atoms with Crippen molar-refractivity contribution >= 4 is 21.6 Å². The minimum atomic E-state index is -3.78. The predicted molar refractivity (Wildman–Crippen MR) is 66.2 cm³/mol. The smallest absolute Gasteiger partial charge is 0.207 e. The fourth-order valence-electron chi connectivity index (χ4n) is 1.30. The van der Waals surface area contributed by atoms with E-state index in [0.29, 0.717) is 0 Å². The highest BCUT2D eigenvalue weighted by molar-refractivity contribution is 7.89. The van der Waals surface area contributed by atoms with Gasteiger partial charge in [-0.3, -0.25) is 0 Å². The van der Waals surface area contributed by atoms with E-state index in [4.69, 9.17) is 22.1 Å². The van der Waals surface area contributed by atoms with Crippen LogP contribution in [0.25, 0.3) is 0 Å². The van der Waals surface area contributed by atoms with Crippen LogP contribution in [-0.2, 0) is 10.0 Å². The molecule has 1 rings (SSSR count). The highest BCUT2D eigenvalue weighted by Gasteiger charge is 2.20. The van der Waals surface area contributed by atoms with Crippen molar-refractivity contribution in [2.75, 3.05) is 0 Å². The van der Waals surface area contributed by atoms with Crippen molar-refractivity contribution in [3.05, 3.63) is 28.8 Å². The van der Waals surface area contributed by atoms with Crippen LogP contribution in [0.15, 0.2) is 23.1 Å². The highest BCUT2D eigenvalue weighted by atomic mass is 35.5. The fraction of sp³-hybridized carbons (Fsp3) is 0.273. The van der Waals surface area contributed by atoms with Gasteiger partial charge in [0.1, 0.15) is 4.90 Å². The van der Waals surface area contributed by atoms with Crippen molar-refractivity contribution in [1.29, 1.82) is 10.5 Å². The number of sulfonamides is 1. The van der Waals surface area contributed by atoms with Gasteiger partial charge in [-0.25, -0.2) is 13.1 Å². The van der Waals surface area contributed by atoms with Gasteiger partial charge in [0.2, 0.25) is 10.0 Å². The summed E-state index contributed by atoms with van der Waals surface area (Å²) in [4.78, 5) is -0.104. The van der Waals surface area contributed by atoms with E-state index in [1.165, 1.54) is 18.2 Å². The summed E-state index contributed by atoms with van der Waals surface area (Å²) in [5.74, 6) is 0. The van der Waals surface area contributed by atoms with E-state index in [1.54, 1.807) is 6.92 Å². The van der Waals surface area contributed by atoms with Gasteiger partial charge in [0.15, 0.2) is 0 Å². The SMILES string of the molecule is CC(CC#N)NS(=O)(=O)c1ccc(C#N)cc1Cl. The lowest BCUT2D eigenvalue weighted by Gasteiger charge is -2.12. The molecule has 7 heteroatoms. The number of hydrogen-bond donors (Lipinski definition) is 1. The summed E-state index contributed by atoms with van der Waals surface area (Å²) in [7, 11) is -3.78. The lowest BCUT2D eigenvalue weighted by atomic mass is 10.2. The van der Waals surface area contributed by atoms with Gasteiger partial charge >= 0.3 is 0 Å². The van der Waals surface area contributed by atoms with E-state index in [9.17, 15) is 8.42 Å². The zero-order valence-electron chi connectivity index (χ0n) is 9.51. The van der Waals surface area contributed by atoms with Crippen LogP contribution >= 0.6 is 11.6 Å². The van der Waals surface area contributed by atoms with Crippen LogP contribution < -0.4 is 4.72 Å². The van der Waals surface area contributed by atoms with Crippen LogP contribution in [-0.4, -0.2) is 14.5 Å². The summed E-state index contributed by atoms with van der Waals surface area (Å²) >= 11 is 5.82. The molecule has 0 amide bonds. The van der Waals surface area contributed by atoms with Gasteiger partial charge in [-0.05, 0) is 25.1 Å². The molecule has 0 heterocycles. The first kappa shape index (κ1) is 14.5. The van der Waals surface area contributed by atoms with Crippen molar-refractivity contribution in [2.24, 2.45) is 0 Å². The van der Waals surface area contributed by atoms with E-state index in [0.717, 1.165) is 0 Å². The molecule has 0 radical (unpaired) electrons. The lowest BCUT2D eigenvalue weighted by molar-refractivity contribution is 0.563. The molecule has 1 unspecified atom stereocenters. The maximum atomic E-state index is 11.9. The Labute approximate surface area is 111 Å². The lowest BCUT2D eigenvalue weighted by Crippen LogP contribution is -2.32. The Hall–Kier alpha value is -1.60. The van der Waals surface area contributed by atoms with Crippen LogP contribution in [0.1, 0.15) is 18.9 Å². The molecule has 18 heavy (non-hydrogen) atoms. The standard InChI is InChI=1S/C11H10ClN3O2S/c1-8(4-5-13)15-18(16,17)11-3-2-9(7-14)6-10(11)12/h2-3,6,8,15H,4H2,1H3. The van der Waals surface area contributed by atoms with Crippen molar-refractivity contribution in [2.45, 2.75) is 24.3 Å². The average Bonchev–Trinajstić information content (AvgIpc) is 2.27. The third-order valence-electron chi connectivity index (χ3n) is 2.10. The second kappa shape index (κ2) is 5.83. The van der Waals surface area contributed by atoms with E-state index in [2.05, 4.69) is 4.72 Å². The second-order valence-electron chi connectivity index (χ2n) is 3.64. The number of benzene rings is 1. The highest BCUT2D eigenvalue weighted by Crippen LogP contribution is 2.22. The Morgan fingerprint density at radius 1 is 1.44 bits per heavy atom. The summed E-state index contributed by atoms with van der Waals surface area (Å²) in [5, 5.41) is 17.1. The topological polar surface area (TPSA) is 93.8 Å². The van der Waals surface area contributed by atoms with Crippen LogP contribution in [0.5, 0.6) is 0 Å². The molecule has 0 aliphatic heterocycles. The molecule has 0 saturated heterocycles.